The number of benzene rings is 1. The zero-order valence-electron chi connectivity index (χ0n) is 5.29. The summed E-state index contributed by atoms with van der Waals surface area (Å²) in [6, 6.07) is 3.06. The highest BCUT2D eigenvalue weighted by Gasteiger charge is 2.02. The third kappa shape index (κ3) is 1.61. The van der Waals surface area contributed by atoms with Crippen LogP contribution in [0.15, 0.2) is 12.1 Å². The first-order valence-electron chi connectivity index (χ1n) is 2.72. The lowest BCUT2D eigenvalue weighted by Crippen LogP contribution is -1.85. The van der Waals surface area contributed by atoms with Crippen LogP contribution in [0.1, 0.15) is 5.56 Å². The largest absolute Gasteiger partial charge is 0.207 e. The van der Waals surface area contributed by atoms with Gasteiger partial charge >= 0.3 is 0 Å². The van der Waals surface area contributed by atoms with E-state index < -0.39 is 0 Å². The Hall–Kier alpha value is 0.170. The van der Waals surface area contributed by atoms with Gasteiger partial charge in [0.25, 0.3) is 0 Å². The fourth-order valence-electron chi connectivity index (χ4n) is 0.614. The average molecular weight is 270 g/mol. The first kappa shape index (κ1) is 8.27. The van der Waals surface area contributed by atoms with Gasteiger partial charge in [-0.3, -0.25) is 0 Å². The molecule has 0 aromatic heterocycles. The third-order valence-corrected chi connectivity index (χ3v) is 2.58. The molecule has 0 saturated heterocycles. The second-order valence-electron chi connectivity index (χ2n) is 1.99. The van der Waals surface area contributed by atoms with E-state index >= 15 is 0 Å². The van der Waals surface area contributed by atoms with Gasteiger partial charge in [-0.1, -0.05) is 11.6 Å². The van der Waals surface area contributed by atoms with Crippen LogP contribution in [0.3, 0.4) is 0 Å². The summed E-state index contributed by atoms with van der Waals surface area (Å²) in [5.74, 6) is -0.239. The monoisotopic (exact) mass is 270 g/mol. The van der Waals surface area contributed by atoms with Crippen molar-refractivity contribution in [1.82, 2.24) is 0 Å². The fourth-order valence-corrected chi connectivity index (χ4v) is 1.60. The molecule has 0 unspecified atom stereocenters. The lowest BCUT2D eigenvalue weighted by atomic mass is 10.2. The number of rotatable bonds is 0. The van der Waals surface area contributed by atoms with Crippen molar-refractivity contribution in [1.29, 1.82) is 0 Å². The molecule has 0 atom stereocenters. The summed E-state index contributed by atoms with van der Waals surface area (Å²) in [5, 5.41) is 0.451. The van der Waals surface area contributed by atoms with Gasteiger partial charge in [-0.05, 0) is 47.2 Å². The molecule has 1 aromatic rings. The topological polar surface area (TPSA) is 0 Å². The van der Waals surface area contributed by atoms with Crippen molar-refractivity contribution >= 4 is 34.2 Å². The predicted molar refractivity (Wildman–Crippen MR) is 48.9 cm³/mol. The third-order valence-electron chi connectivity index (χ3n) is 1.25. The standard InChI is InChI=1S/C7H5ClFI/c1-4-6(9)2-5(8)3-7(4)10/h2-3H,1H3. The maximum Gasteiger partial charge on any atom is 0.128 e. The normalized spacial score (nSPS) is 10.0. The van der Waals surface area contributed by atoms with Gasteiger partial charge < -0.3 is 0 Å². The van der Waals surface area contributed by atoms with Crippen molar-refractivity contribution in [2.45, 2.75) is 6.92 Å². The SMILES string of the molecule is Cc1c(F)cc(Cl)cc1I. The summed E-state index contributed by atoms with van der Waals surface area (Å²) in [6.07, 6.45) is 0. The van der Waals surface area contributed by atoms with E-state index in [1.165, 1.54) is 6.07 Å². The summed E-state index contributed by atoms with van der Waals surface area (Å²) >= 11 is 7.63. The van der Waals surface area contributed by atoms with E-state index in [9.17, 15) is 4.39 Å². The van der Waals surface area contributed by atoms with Crippen molar-refractivity contribution in [3.63, 3.8) is 0 Å². The van der Waals surface area contributed by atoms with Crippen molar-refractivity contribution < 1.29 is 4.39 Å². The van der Waals surface area contributed by atoms with Crippen LogP contribution < -0.4 is 0 Å². The quantitative estimate of drug-likeness (QED) is 0.634. The fraction of sp³-hybridized carbons (Fsp3) is 0.143. The van der Waals surface area contributed by atoms with E-state index in [2.05, 4.69) is 22.6 Å². The van der Waals surface area contributed by atoms with Gasteiger partial charge in [0.1, 0.15) is 5.82 Å². The van der Waals surface area contributed by atoms with Crippen LogP contribution in [0, 0.1) is 16.3 Å². The van der Waals surface area contributed by atoms with Gasteiger partial charge in [0, 0.05) is 8.59 Å². The summed E-state index contributed by atoms with van der Waals surface area (Å²) in [7, 11) is 0. The lowest BCUT2D eigenvalue weighted by molar-refractivity contribution is 0.617. The smallest absolute Gasteiger partial charge is 0.128 e. The second kappa shape index (κ2) is 3.05. The molecule has 0 heterocycles. The summed E-state index contributed by atoms with van der Waals surface area (Å²) in [4.78, 5) is 0. The molecular formula is C7H5ClFI. The second-order valence-corrected chi connectivity index (χ2v) is 3.59. The van der Waals surface area contributed by atoms with Crippen molar-refractivity contribution in [3.05, 3.63) is 32.1 Å². The maximum atomic E-state index is 12.8. The van der Waals surface area contributed by atoms with Crippen LogP contribution >= 0.6 is 34.2 Å². The van der Waals surface area contributed by atoms with Crippen molar-refractivity contribution in [2.24, 2.45) is 0 Å². The van der Waals surface area contributed by atoms with Crippen molar-refractivity contribution in [2.75, 3.05) is 0 Å². The zero-order valence-corrected chi connectivity index (χ0v) is 8.20. The van der Waals surface area contributed by atoms with Gasteiger partial charge in [-0.2, -0.15) is 0 Å². The summed E-state index contributed by atoms with van der Waals surface area (Å²) in [6.45, 7) is 1.73. The van der Waals surface area contributed by atoms with E-state index in [0.29, 0.717) is 10.6 Å². The summed E-state index contributed by atoms with van der Waals surface area (Å²) in [5.41, 5.74) is 0.657. The molecule has 0 fully saturated rings. The van der Waals surface area contributed by atoms with Crippen molar-refractivity contribution in [3.8, 4) is 0 Å². The highest BCUT2D eigenvalue weighted by atomic mass is 127. The van der Waals surface area contributed by atoms with Gasteiger partial charge in [0.15, 0.2) is 0 Å². The average Bonchev–Trinajstić information content (AvgIpc) is 1.82. The molecule has 0 saturated carbocycles. The van der Waals surface area contributed by atoms with Crippen LogP contribution in [-0.2, 0) is 0 Å². The van der Waals surface area contributed by atoms with Crippen LogP contribution in [0.5, 0.6) is 0 Å². The lowest BCUT2D eigenvalue weighted by Gasteiger charge is -1.99. The number of hydrogen-bond donors (Lipinski definition) is 0. The molecule has 0 amide bonds. The Bertz CT molecular complexity index is 237. The molecule has 54 valence electrons. The predicted octanol–water partition coefficient (Wildman–Crippen LogP) is 3.39. The minimum Gasteiger partial charge on any atom is -0.207 e. The molecule has 0 radical (unpaired) electrons. The Morgan fingerprint density at radius 2 is 2.10 bits per heavy atom. The number of halogens is 3. The molecule has 0 aliphatic heterocycles. The molecule has 0 nitrogen and oxygen atoms in total. The van der Waals surface area contributed by atoms with E-state index in [0.717, 1.165) is 3.57 Å². The van der Waals surface area contributed by atoms with Crippen LogP contribution in [0.4, 0.5) is 4.39 Å². The highest BCUT2D eigenvalue weighted by Crippen LogP contribution is 2.20. The summed E-state index contributed by atoms with van der Waals surface area (Å²) < 4.78 is 13.6. The van der Waals surface area contributed by atoms with E-state index in [-0.39, 0.29) is 5.82 Å². The first-order chi connectivity index (χ1) is 4.61. The van der Waals surface area contributed by atoms with Gasteiger partial charge in [0.2, 0.25) is 0 Å². The van der Waals surface area contributed by atoms with E-state index in [1.807, 2.05) is 0 Å². The minimum atomic E-state index is -0.239. The van der Waals surface area contributed by atoms with Gasteiger partial charge in [-0.25, -0.2) is 4.39 Å². The van der Waals surface area contributed by atoms with Gasteiger partial charge in [-0.15, -0.1) is 0 Å². The maximum absolute atomic E-state index is 12.8. The Kier molecular flexibility index (Phi) is 2.52. The molecular weight excluding hydrogens is 265 g/mol. The zero-order chi connectivity index (χ0) is 7.72. The van der Waals surface area contributed by atoms with Crippen LogP contribution in [0.25, 0.3) is 0 Å². The molecule has 0 aliphatic rings. The molecule has 0 N–H and O–H groups in total. The Morgan fingerprint density at radius 3 is 2.60 bits per heavy atom. The number of hydrogen-bond acceptors (Lipinski definition) is 0. The van der Waals surface area contributed by atoms with Crippen LogP contribution in [-0.4, -0.2) is 0 Å². The Labute approximate surface area is 77.5 Å². The first-order valence-corrected chi connectivity index (χ1v) is 4.18. The van der Waals surface area contributed by atoms with E-state index in [4.69, 9.17) is 11.6 Å². The van der Waals surface area contributed by atoms with Gasteiger partial charge in [0.05, 0.1) is 0 Å². The molecule has 0 spiro atoms. The minimum absolute atomic E-state index is 0.239. The molecule has 1 aromatic carbocycles. The molecule has 0 bridgehead atoms. The molecule has 3 heteroatoms. The highest BCUT2D eigenvalue weighted by molar-refractivity contribution is 14.1. The van der Waals surface area contributed by atoms with E-state index in [1.54, 1.807) is 13.0 Å². The Balaban J connectivity index is 3.31. The molecule has 10 heavy (non-hydrogen) atoms. The molecule has 0 aliphatic carbocycles. The Morgan fingerprint density at radius 1 is 1.50 bits per heavy atom. The molecule has 1 rings (SSSR count). The van der Waals surface area contributed by atoms with Crippen LogP contribution in [0.2, 0.25) is 5.02 Å².